The number of benzene rings is 1. The lowest BCUT2D eigenvalue weighted by atomic mass is 9.89. The van der Waals surface area contributed by atoms with E-state index in [1.54, 1.807) is 7.11 Å². The Bertz CT molecular complexity index is 1100. The van der Waals surface area contributed by atoms with Crippen LogP contribution in [0.5, 0.6) is 5.75 Å². The maximum Gasteiger partial charge on any atom is 0.224 e. The standard InChI is InChI=1S/C22H24N4O3/c1-22(2)9-18(27)15-5-4-12(6-19(15)29-22)16-10-23-20-17(16)11-24-21(26-20)25-13-7-14(8-13)28-3/h4-6,10-11,13-14H,7-9H2,1-3H3,(H2,23,24,25,26). The Hall–Kier alpha value is -2.93. The van der Waals surface area contributed by atoms with Crippen LogP contribution in [0.1, 0.15) is 43.5 Å². The highest BCUT2D eigenvalue weighted by Gasteiger charge is 2.33. The molecule has 7 nitrogen and oxygen atoms in total. The van der Waals surface area contributed by atoms with Gasteiger partial charge in [-0.05, 0) is 44.4 Å². The molecule has 7 heteroatoms. The van der Waals surface area contributed by atoms with Crippen LogP contribution >= 0.6 is 0 Å². The van der Waals surface area contributed by atoms with Gasteiger partial charge in [0, 0.05) is 36.5 Å². The number of hydrogen-bond acceptors (Lipinski definition) is 6. The summed E-state index contributed by atoms with van der Waals surface area (Å²) in [4.78, 5) is 24.7. The number of rotatable bonds is 4. The van der Waals surface area contributed by atoms with Gasteiger partial charge in [-0.1, -0.05) is 6.07 Å². The van der Waals surface area contributed by atoms with Gasteiger partial charge in [0.15, 0.2) is 5.78 Å². The molecule has 1 aliphatic carbocycles. The summed E-state index contributed by atoms with van der Waals surface area (Å²) in [5, 5.41) is 4.29. The zero-order valence-electron chi connectivity index (χ0n) is 16.8. The van der Waals surface area contributed by atoms with E-state index in [9.17, 15) is 4.79 Å². The third-order valence-corrected chi connectivity index (χ3v) is 5.76. The quantitative estimate of drug-likeness (QED) is 0.699. The average molecular weight is 392 g/mol. The molecule has 0 spiro atoms. The maximum absolute atomic E-state index is 12.4. The third kappa shape index (κ3) is 3.25. The molecule has 0 unspecified atom stereocenters. The lowest BCUT2D eigenvalue weighted by Crippen LogP contribution is -2.40. The second-order valence-corrected chi connectivity index (χ2v) is 8.50. The number of aromatic nitrogens is 3. The van der Waals surface area contributed by atoms with Gasteiger partial charge in [-0.15, -0.1) is 0 Å². The van der Waals surface area contributed by atoms with Gasteiger partial charge < -0.3 is 19.8 Å². The van der Waals surface area contributed by atoms with Crippen molar-refractivity contribution in [1.82, 2.24) is 15.0 Å². The minimum absolute atomic E-state index is 0.118. The van der Waals surface area contributed by atoms with Gasteiger partial charge in [0.1, 0.15) is 17.0 Å². The van der Waals surface area contributed by atoms with Crippen LogP contribution in [0.4, 0.5) is 5.95 Å². The zero-order valence-corrected chi connectivity index (χ0v) is 16.8. The van der Waals surface area contributed by atoms with E-state index in [0.29, 0.717) is 35.8 Å². The van der Waals surface area contributed by atoms with E-state index in [0.717, 1.165) is 35.0 Å². The number of hydrogen-bond donors (Lipinski definition) is 2. The summed E-state index contributed by atoms with van der Waals surface area (Å²) in [5.41, 5.74) is 2.87. The fourth-order valence-corrected chi connectivity index (χ4v) is 4.09. The number of nitrogens with one attached hydrogen (secondary N) is 2. The predicted octanol–water partition coefficient (Wildman–Crippen LogP) is 3.96. The lowest BCUT2D eigenvalue weighted by Gasteiger charge is -2.34. The van der Waals surface area contributed by atoms with Crippen LogP contribution in [-0.4, -0.2) is 45.6 Å². The number of Topliss-reactive ketones (excluding diaryl/α,β-unsaturated/α-hetero) is 1. The molecular formula is C22H24N4O3. The van der Waals surface area contributed by atoms with Crippen molar-refractivity contribution in [3.8, 4) is 16.9 Å². The van der Waals surface area contributed by atoms with Gasteiger partial charge in [-0.2, -0.15) is 4.98 Å². The van der Waals surface area contributed by atoms with E-state index in [-0.39, 0.29) is 5.78 Å². The van der Waals surface area contributed by atoms with Crippen molar-refractivity contribution in [2.45, 2.75) is 50.9 Å². The molecule has 1 aliphatic heterocycles. The van der Waals surface area contributed by atoms with E-state index in [1.165, 1.54) is 0 Å². The number of nitrogens with zero attached hydrogens (tertiary/aromatic N) is 2. The Labute approximate surface area is 168 Å². The summed E-state index contributed by atoms with van der Waals surface area (Å²) in [6, 6.07) is 6.08. The first kappa shape index (κ1) is 18.1. The molecule has 5 rings (SSSR count). The van der Waals surface area contributed by atoms with Gasteiger partial charge in [0.05, 0.1) is 18.1 Å². The van der Waals surface area contributed by atoms with E-state index in [2.05, 4.69) is 20.3 Å². The summed E-state index contributed by atoms with van der Waals surface area (Å²) in [5.74, 6) is 1.37. The average Bonchev–Trinajstić information content (AvgIpc) is 3.06. The van der Waals surface area contributed by atoms with Crippen molar-refractivity contribution in [2.75, 3.05) is 12.4 Å². The molecule has 1 fully saturated rings. The Morgan fingerprint density at radius 1 is 1.28 bits per heavy atom. The number of H-pyrrole nitrogens is 1. The summed E-state index contributed by atoms with van der Waals surface area (Å²) < 4.78 is 11.4. The Kier molecular flexibility index (Phi) is 4.10. The molecule has 0 radical (unpaired) electrons. The molecule has 29 heavy (non-hydrogen) atoms. The smallest absolute Gasteiger partial charge is 0.224 e. The summed E-state index contributed by atoms with van der Waals surface area (Å²) in [7, 11) is 1.74. The van der Waals surface area contributed by atoms with E-state index < -0.39 is 5.60 Å². The molecule has 2 aromatic heterocycles. The van der Waals surface area contributed by atoms with Crippen molar-refractivity contribution >= 4 is 22.8 Å². The molecule has 0 saturated heterocycles. The molecule has 1 aromatic carbocycles. The number of carbonyl (C=O) groups is 1. The number of anilines is 1. The molecule has 150 valence electrons. The first-order valence-corrected chi connectivity index (χ1v) is 9.92. The molecular weight excluding hydrogens is 368 g/mol. The van der Waals surface area contributed by atoms with Gasteiger partial charge in [-0.25, -0.2) is 4.98 Å². The van der Waals surface area contributed by atoms with Gasteiger partial charge in [0.25, 0.3) is 0 Å². The summed E-state index contributed by atoms with van der Waals surface area (Å²) in [6.45, 7) is 3.87. The highest BCUT2D eigenvalue weighted by molar-refractivity contribution is 6.02. The van der Waals surface area contributed by atoms with E-state index >= 15 is 0 Å². The second kappa shape index (κ2) is 6.56. The molecule has 1 saturated carbocycles. The first-order valence-electron chi connectivity index (χ1n) is 9.92. The van der Waals surface area contributed by atoms with Crippen LogP contribution in [-0.2, 0) is 4.74 Å². The van der Waals surface area contributed by atoms with Crippen LogP contribution in [0.15, 0.2) is 30.6 Å². The maximum atomic E-state index is 12.4. The van der Waals surface area contributed by atoms with E-state index in [4.69, 9.17) is 9.47 Å². The van der Waals surface area contributed by atoms with Gasteiger partial charge >= 0.3 is 0 Å². The molecule has 0 bridgehead atoms. The number of ether oxygens (including phenoxy) is 2. The number of aromatic amines is 1. The fourth-order valence-electron chi connectivity index (χ4n) is 4.09. The number of ketones is 1. The molecule has 3 aromatic rings. The van der Waals surface area contributed by atoms with Gasteiger partial charge in [-0.3, -0.25) is 4.79 Å². The molecule has 2 N–H and O–H groups in total. The van der Waals surface area contributed by atoms with Crippen LogP contribution in [0, 0.1) is 0 Å². The topological polar surface area (TPSA) is 89.1 Å². The van der Waals surface area contributed by atoms with Crippen LogP contribution < -0.4 is 10.1 Å². The minimum atomic E-state index is -0.490. The number of carbonyl (C=O) groups excluding carboxylic acids is 1. The highest BCUT2D eigenvalue weighted by Crippen LogP contribution is 2.37. The lowest BCUT2D eigenvalue weighted by molar-refractivity contribution is 0.0327. The van der Waals surface area contributed by atoms with Crippen molar-refractivity contribution in [3.63, 3.8) is 0 Å². The number of fused-ring (bicyclic) bond motifs is 2. The zero-order chi connectivity index (χ0) is 20.2. The Morgan fingerprint density at radius 3 is 2.90 bits per heavy atom. The monoisotopic (exact) mass is 392 g/mol. The van der Waals surface area contributed by atoms with Crippen molar-refractivity contribution < 1.29 is 14.3 Å². The van der Waals surface area contributed by atoms with Crippen molar-refractivity contribution in [1.29, 1.82) is 0 Å². The van der Waals surface area contributed by atoms with E-state index in [1.807, 2.05) is 44.4 Å². The van der Waals surface area contributed by atoms with Crippen molar-refractivity contribution in [2.24, 2.45) is 0 Å². The van der Waals surface area contributed by atoms with Crippen molar-refractivity contribution in [3.05, 3.63) is 36.2 Å². The number of methoxy groups -OCH3 is 1. The summed E-state index contributed by atoms with van der Waals surface area (Å²) in [6.07, 6.45) is 6.41. The molecule has 2 aliphatic rings. The second-order valence-electron chi connectivity index (χ2n) is 8.50. The minimum Gasteiger partial charge on any atom is -0.487 e. The third-order valence-electron chi connectivity index (χ3n) is 5.76. The van der Waals surface area contributed by atoms with Gasteiger partial charge in [0.2, 0.25) is 5.95 Å². The Morgan fingerprint density at radius 2 is 2.10 bits per heavy atom. The molecule has 0 amide bonds. The Balaban J connectivity index is 1.43. The normalized spacial score (nSPS) is 22.7. The SMILES string of the molecule is COC1CC(Nc2ncc3c(-c4ccc5c(c4)OC(C)(C)CC5=O)c[nH]c3n2)C1. The fraction of sp³-hybridized carbons (Fsp3) is 0.409. The van der Waals surface area contributed by atoms with Crippen LogP contribution in [0.2, 0.25) is 0 Å². The van der Waals surface area contributed by atoms with Crippen LogP contribution in [0.25, 0.3) is 22.2 Å². The summed E-state index contributed by atoms with van der Waals surface area (Å²) >= 11 is 0. The van der Waals surface area contributed by atoms with Crippen LogP contribution in [0.3, 0.4) is 0 Å². The highest BCUT2D eigenvalue weighted by atomic mass is 16.5. The molecule has 3 heterocycles. The first-order chi connectivity index (χ1) is 13.9. The largest absolute Gasteiger partial charge is 0.487 e. The molecule has 0 atom stereocenters. The predicted molar refractivity (Wildman–Crippen MR) is 110 cm³/mol.